The van der Waals surface area contributed by atoms with E-state index < -0.39 is 5.91 Å². The van der Waals surface area contributed by atoms with Gasteiger partial charge < -0.3 is 15.5 Å². The van der Waals surface area contributed by atoms with Crippen LogP contribution in [0.15, 0.2) is 18.2 Å². The molecule has 0 radical (unpaired) electrons. The highest BCUT2D eigenvalue weighted by molar-refractivity contribution is 5.99. The molecule has 1 aromatic rings. The molecule has 0 bridgehead atoms. The Morgan fingerprint density at radius 3 is 2.47 bits per heavy atom. The third kappa shape index (κ3) is 2.35. The maximum atomic E-state index is 12.0. The highest BCUT2D eigenvalue weighted by Gasteiger charge is 2.26. The minimum absolute atomic E-state index is 0.0356. The van der Waals surface area contributed by atoms with Gasteiger partial charge in [-0.15, -0.1) is 0 Å². The van der Waals surface area contributed by atoms with Crippen LogP contribution in [0.1, 0.15) is 36.5 Å². The summed E-state index contributed by atoms with van der Waals surface area (Å²) < 4.78 is 0. The smallest absolute Gasteiger partial charge is 0.259 e. The second-order valence-electron chi connectivity index (χ2n) is 4.66. The van der Waals surface area contributed by atoms with E-state index in [9.17, 15) is 15.0 Å². The van der Waals surface area contributed by atoms with Crippen molar-refractivity contribution in [2.75, 3.05) is 0 Å². The first-order valence-electron chi connectivity index (χ1n) is 5.91. The zero-order valence-corrected chi connectivity index (χ0v) is 9.81. The Labute approximate surface area is 100 Å². The zero-order valence-electron chi connectivity index (χ0n) is 9.81. The molecule has 17 heavy (non-hydrogen) atoms. The van der Waals surface area contributed by atoms with Crippen molar-refractivity contribution in [1.82, 2.24) is 5.32 Å². The molecule has 4 heteroatoms. The summed E-state index contributed by atoms with van der Waals surface area (Å²) in [5, 5.41) is 22.0. The molecule has 1 aliphatic carbocycles. The summed E-state index contributed by atoms with van der Waals surface area (Å²) >= 11 is 0. The summed E-state index contributed by atoms with van der Waals surface area (Å²) in [5.41, 5.74) is -0.0356. The number of benzene rings is 1. The molecule has 1 aromatic carbocycles. The van der Waals surface area contributed by atoms with Crippen LogP contribution >= 0.6 is 0 Å². The fraction of sp³-hybridized carbons (Fsp3) is 0.462. The molecule has 2 unspecified atom stereocenters. The molecule has 0 aliphatic heterocycles. The molecular formula is C13H17NO3. The summed E-state index contributed by atoms with van der Waals surface area (Å²) in [4.78, 5) is 12.0. The van der Waals surface area contributed by atoms with Crippen LogP contribution in [0.4, 0.5) is 0 Å². The number of phenolic OH excluding ortho intramolecular Hbond substituents is 2. The second-order valence-corrected chi connectivity index (χ2v) is 4.66. The van der Waals surface area contributed by atoms with Crippen molar-refractivity contribution in [1.29, 1.82) is 0 Å². The highest BCUT2D eigenvalue weighted by atomic mass is 16.3. The molecule has 3 N–H and O–H groups in total. The first-order valence-corrected chi connectivity index (χ1v) is 5.91. The molecule has 0 saturated heterocycles. The van der Waals surface area contributed by atoms with E-state index in [2.05, 4.69) is 12.2 Å². The molecule has 0 spiro atoms. The number of carbonyl (C=O) groups excluding carboxylic acids is 1. The van der Waals surface area contributed by atoms with Crippen LogP contribution in [0.5, 0.6) is 11.5 Å². The number of aromatic hydroxyl groups is 2. The van der Waals surface area contributed by atoms with Crippen molar-refractivity contribution in [2.45, 2.75) is 32.2 Å². The standard InChI is InChI=1S/C13H17NO3/c1-8-4-2-5-9(8)14-13(17)12-10(15)6-3-7-11(12)16/h3,6-9,15-16H,2,4-5H2,1H3,(H,14,17). The third-order valence-electron chi connectivity index (χ3n) is 3.43. The Kier molecular flexibility index (Phi) is 3.22. The lowest BCUT2D eigenvalue weighted by molar-refractivity contribution is 0.0924. The molecule has 4 nitrogen and oxygen atoms in total. The van der Waals surface area contributed by atoms with E-state index in [-0.39, 0.29) is 23.1 Å². The van der Waals surface area contributed by atoms with Crippen molar-refractivity contribution in [3.8, 4) is 11.5 Å². The molecule has 1 aliphatic rings. The lowest BCUT2D eigenvalue weighted by Gasteiger charge is -2.18. The normalized spacial score (nSPS) is 23.6. The molecule has 1 fully saturated rings. The lowest BCUT2D eigenvalue weighted by atomic mass is 10.1. The van der Waals surface area contributed by atoms with Gasteiger partial charge in [-0.3, -0.25) is 4.79 Å². The molecule has 0 heterocycles. The van der Waals surface area contributed by atoms with Crippen LogP contribution in [0, 0.1) is 5.92 Å². The maximum absolute atomic E-state index is 12.0. The molecular weight excluding hydrogens is 218 g/mol. The SMILES string of the molecule is CC1CCCC1NC(=O)c1c(O)cccc1O. The molecule has 0 aromatic heterocycles. The number of amides is 1. The second kappa shape index (κ2) is 4.65. The monoisotopic (exact) mass is 235 g/mol. The van der Waals surface area contributed by atoms with Crippen molar-refractivity contribution >= 4 is 5.91 Å². The molecule has 1 saturated carbocycles. The molecule has 92 valence electrons. The van der Waals surface area contributed by atoms with Gasteiger partial charge in [-0.25, -0.2) is 0 Å². The predicted molar refractivity (Wildman–Crippen MR) is 64.0 cm³/mol. The Morgan fingerprint density at radius 2 is 1.94 bits per heavy atom. The summed E-state index contributed by atoms with van der Waals surface area (Å²) in [6, 6.07) is 4.43. The average molecular weight is 235 g/mol. The number of nitrogens with one attached hydrogen (secondary N) is 1. The quantitative estimate of drug-likeness (QED) is 0.734. The van der Waals surface area contributed by atoms with Gasteiger partial charge in [-0.2, -0.15) is 0 Å². The van der Waals surface area contributed by atoms with Gasteiger partial charge in [0.15, 0.2) is 0 Å². The van der Waals surface area contributed by atoms with Gasteiger partial charge in [-0.1, -0.05) is 19.4 Å². The first-order chi connectivity index (χ1) is 8.09. The van der Waals surface area contributed by atoms with Crippen LogP contribution in [0.25, 0.3) is 0 Å². The Balaban J connectivity index is 2.14. The minimum atomic E-state index is -0.403. The zero-order chi connectivity index (χ0) is 12.4. The van der Waals surface area contributed by atoms with Gasteiger partial charge >= 0.3 is 0 Å². The lowest BCUT2D eigenvalue weighted by Crippen LogP contribution is -2.36. The van der Waals surface area contributed by atoms with E-state index in [1.807, 2.05) is 0 Å². The topological polar surface area (TPSA) is 69.6 Å². The average Bonchev–Trinajstić information content (AvgIpc) is 2.64. The van der Waals surface area contributed by atoms with E-state index in [1.54, 1.807) is 0 Å². The van der Waals surface area contributed by atoms with E-state index in [0.717, 1.165) is 19.3 Å². The van der Waals surface area contributed by atoms with E-state index >= 15 is 0 Å². The summed E-state index contributed by atoms with van der Waals surface area (Å²) in [6.07, 6.45) is 3.18. The van der Waals surface area contributed by atoms with Crippen molar-refractivity contribution in [3.05, 3.63) is 23.8 Å². The largest absolute Gasteiger partial charge is 0.507 e. The van der Waals surface area contributed by atoms with E-state index in [0.29, 0.717) is 5.92 Å². The predicted octanol–water partition coefficient (Wildman–Crippen LogP) is 2.02. The summed E-state index contributed by atoms with van der Waals surface area (Å²) in [5.74, 6) is -0.326. The number of hydrogen-bond donors (Lipinski definition) is 3. The molecule has 1 amide bonds. The number of rotatable bonds is 2. The third-order valence-corrected chi connectivity index (χ3v) is 3.43. The number of phenols is 2. The van der Waals surface area contributed by atoms with Crippen LogP contribution in [0.3, 0.4) is 0 Å². The number of carbonyl (C=O) groups is 1. The van der Waals surface area contributed by atoms with Gasteiger partial charge in [0.25, 0.3) is 5.91 Å². The van der Waals surface area contributed by atoms with Crippen molar-refractivity contribution in [3.63, 3.8) is 0 Å². The first kappa shape index (κ1) is 11.8. The molecule has 2 rings (SSSR count). The van der Waals surface area contributed by atoms with Gasteiger partial charge in [0.2, 0.25) is 0 Å². The highest BCUT2D eigenvalue weighted by Crippen LogP contribution is 2.29. The van der Waals surface area contributed by atoms with E-state index in [4.69, 9.17) is 0 Å². The van der Waals surface area contributed by atoms with Crippen molar-refractivity contribution in [2.24, 2.45) is 5.92 Å². The Morgan fingerprint density at radius 1 is 1.29 bits per heavy atom. The van der Waals surface area contributed by atoms with Crippen LogP contribution in [-0.4, -0.2) is 22.2 Å². The summed E-state index contributed by atoms with van der Waals surface area (Å²) in [6.45, 7) is 2.10. The van der Waals surface area contributed by atoms with Crippen molar-refractivity contribution < 1.29 is 15.0 Å². The van der Waals surface area contributed by atoms with Crippen LogP contribution in [-0.2, 0) is 0 Å². The van der Waals surface area contributed by atoms with Gasteiger partial charge in [0.05, 0.1) is 0 Å². The van der Waals surface area contributed by atoms with Crippen LogP contribution < -0.4 is 5.32 Å². The van der Waals surface area contributed by atoms with Crippen LogP contribution in [0.2, 0.25) is 0 Å². The molecule has 2 atom stereocenters. The Hall–Kier alpha value is -1.71. The van der Waals surface area contributed by atoms with Gasteiger partial charge in [0.1, 0.15) is 17.1 Å². The van der Waals surface area contributed by atoms with Gasteiger partial charge in [-0.05, 0) is 30.9 Å². The van der Waals surface area contributed by atoms with E-state index in [1.165, 1.54) is 18.2 Å². The maximum Gasteiger partial charge on any atom is 0.259 e. The fourth-order valence-electron chi connectivity index (χ4n) is 2.36. The number of hydrogen-bond acceptors (Lipinski definition) is 3. The minimum Gasteiger partial charge on any atom is -0.507 e. The fourth-order valence-corrected chi connectivity index (χ4v) is 2.36. The summed E-state index contributed by atoms with van der Waals surface area (Å²) in [7, 11) is 0. The Bertz CT molecular complexity index is 410. The van der Waals surface area contributed by atoms with Gasteiger partial charge in [0, 0.05) is 6.04 Å².